The van der Waals surface area contributed by atoms with Crippen LogP contribution in [0.25, 0.3) is 0 Å². The number of fused-ring (bicyclic) bond motifs is 1. The van der Waals surface area contributed by atoms with Crippen LogP contribution in [-0.2, 0) is 17.9 Å². The van der Waals surface area contributed by atoms with Crippen LogP contribution in [0.2, 0.25) is 5.02 Å². The third-order valence-corrected chi connectivity index (χ3v) is 5.59. The minimum atomic E-state index is -0.383. The lowest BCUT2D eigenvalue weighted by molar-refractivity contribution is -0.133. The predicted molar refractivity (Wildman–Crippen MR) is 128 cm³/mol. The van der Waals surface area contributed by atoms with Gasteiger partial charge in [0.15, 0.2) is 11.5 Å². The molecule has 0 spiro atoms. The van der Waals surface area contributed by atoms with Crippen LogP contribution in [0, 0.1) is 0 Å². The van der Waals surface area contributed by atoms with Crippen molar-refractivity contribution in [3.63, 3.8) is 0 Å². The summed E-state index contributed by atoms with van der Waals surface area (Å²) in [6.07, 6.45) is 1.57. The van der Waals surface area contributed by atoms with Gasteiger partial charge in [-0.15, -0.1) is 0 Å². The second-order valence-corrected chi connectivity index (χ2v) is 8.62. The van der Waals surface area contributed by atoms with E-state index in [4.69, 9.17) is 25.5 Å². The molecule has 0 unspecified atom stereocenters. The Morgan fingerprint density at radius 2 is 1.85 bits per heavy atom. The molecule has 3 amide bonds. The summed E-state index contributed by atoms with van der Waals surface area (Å²) in [6.45, 7) is 4.38. The van der Waals surface area contributed by atoms with E-state index in [1.807, 2.05) is 38.1 Å². The average Bonchev–Trinajstić information content (AvgIpc) is 3.48. The number of nitrogens with zero attached hydrogens (tertiary/aromatic N) is 2. The molecule has 0 atom stereocenters. The van der Waals surface area contributed by atoms with E-state index in [1.165, 1.54) is 4.90 Å². The highest BCUT2D eigenvalue weighted by Gasteiger charge is 2.25. The van der Waals surface area contributed by atoms with Gasteiger partial charge in [0.1, 0.15) is 12.3 Å². The fourth-order valence-corrected chi connectivity index (χ4v) is 3.77. The molecule has 3 aromatic rings. The number of nitrogens with one attached hydrogen (secondary N) is 1. The van der Waals surface area contributed by atoms with Crippen molar-refractivity contribution in [2.24, 2.45) is 0 Å². The van der Waals surface area contributed by atoms with Gasteiger partial charge < -0.3 is 29.0 Å². The number of carbonyl (C=O) groups is 2. The number of carbonyl (C=O) groups excluding carboxylic acids is 2. The predicted octanol–water partition coefficient (Wildman–Crippen LogP) is 5.13. The van der Waals surface area contributed by atoms with Gasteiger partial charge in [-0.25, -0.2) is 4.79 Å². The molecule has 1 N–H and O–H groups in total. The van der Waals surface area contributed by atoms with Gasteiger partial charge in [0.05, 0.1) is 12.8 Å². The number of urea groups is 1. The molecule has 0 radical (unpaired) electrons. The third kappa shape index (κ3) is 5.82. The van der Waals surface area contributed by atoms with Gasteiger partial charge >= 0.3 is 6.03 Å². The molecular weight excluding hydrogens is 458 g/mol. The van der Waals surface area contributed by atoms with E-state index in [0.717, 1.165) is 5.56 Å². The van der Waals surface area contributed by atoms with E-state index in [9.17, 15) is 9.59 Å². The van der Waals surface area contributed by atoms with Gasteiger partial charge in [-0.05, 0) is 61.9 Å². The van der Waals surface area contributed by atoms with Crippen molar-refractivity contribution in [3.8, 4) is 11.5 Å². The second-order valence-electron chi connectivity index (χ2n) is 8.18. The number of ether oxygens (including phenoxy) is 2. The first-order chi connectivity index (χ1) is 16.4. The van der Waals surface area contributed by atoms with E-state index in [1.54, 1.807) is 41.5 Å². The number of rotatable bonds is 8. The zero-order valence-electron chi connectivity index (χ0n) is 19.0. The van der Waals surface area contributed by atoms with Crippen molar-refractivity contribution >= 4 is 29.2 Å². The molecule has 0 saturated carbocycles. The van der Waals surface area contributed by atoms with Crippen LogP contribution in [0.5, 0.6) is 11.5 Å². The van der Waals surface area contributed by atoms with E-state index in [2.05, 4.69) is 5.32 Å². The molecule has 178 valence electrons. The zero-order chi connectivity index (χ0) is 24.1. The maximum Gasteiger partial charge on any atom is 0.322 e. The Labute approximate surface area is 203 Å². The lowest BCUT2D eigenvalue weighted by Crippen LogP contribution is -2.47. The van der Waals surface area contributed by atoms with Crippen LogP contribution < -0.4 is 14.8 Å². The van der Waals surface area contributed by atoms with Gasteiger partial charge in [-0.2, -0.15) is 0 Å². The molecular formula is C25H26ClN3O5. The minimum Gasteiger partial charge on any atom is -0.467 e. The summed E-state index contributed by atoms with van der Waals surface area (Å²) in [4.78, 5) is 29.5. The van der Waals surface area contributed by atoms with Crippen LogP contribution in [0.1, 0.15) is 25.2 Å². The van der Waals surface area contributed by atoms with Crippen LogP contribution in [0.15, 0.2) is 65.3 Å². The second kappa shape index (κ2) is 10.5. The van der Waals surface area contributed by atoms with Crippen LogP contribution in [0.3, 0.4) is 0 Å². The Morgan fingerprint density at radius 3 is 2.59 bits per heavy atom. The summed E-state index contributed by atoms with van der Waals surface area (Å²) in [5, 5.41) is 3.33. The zero-order valence-corrected chi connectivity index (χ0v) is 19.7. The lowest BCUT2D eigenvalue weighted by atomic mass is 10.1. The summed E-state index contributed by atoms with van der Waals surface area (Å²) < 4.78 is 16.3. The summed E-state index contributed by atoms with van der Waals surface area (Å²) in [5.74, 6) is 1.75. The Morgan fingerprint density at radius 1 is 1.03 bits per heavy atom. The van der Waals surface area contributed by atoms with Gasteiger partial charge in [-0.1, -0.05) is 23.7 Å². The number of hydrogen-bond donors (Lipinski definition) is 1. The molecule has 1 aliphatic heterocycles. The normalized spacial score (nSPS) is 12.0. The standard InChI is InChI=1S/C25H26ClN3O5/c1-17(2)29(25(31)27-20-6-3-5-19(26)12-20)15-24(30)28(14-21-7-4-10-32-21)13-18-8-9-22-23(11-18)34-16-33-22/h3-12,17H,13-16H2,1-2H3,(H,27,31). The largest absolute Gasteiger partial charge is 0.467 e. The monoisotopic (exact) mass is 483 g/mol. The SMILES string of the molecule is CC(C)N(CC(=O)N(Cc1ccc2c(c1)OCO2)Cc1ccco1)C(=O)Nc1cccc(Cl)c1. The van der Waals surface area contributed by atoms with Gasteiger partial charge in [-0.3, -0.25) is 4.79 Å². The molecule has 2 aromatic carbocycles. The summed E-state index contributed by atoms with van der Waals surface area (Å²) in [5.41, 5.74) is 1.44. The highest BCUT2D eigenvalue weighted by atomic mass is 35.5. The topological polar surface area (TPSA) is 84.2 Å². The Bertz CT molecular complexity index is 1150. The molecule has 1 aliphatic rings. The van der Waals surface area contributed by atoms with Gasteiger partial charge in [0.2, 0.25) is 12.7 Å². The van der Waals surface area contributed by atoms with Crippen LogP contribution >= 0.6 is 11.6 Å². The fourth-order valence-electron chi connectivity index (χ4n) is 3.58. The number of halogens is 1. The lowest BCUT2D eigenvalue weighted by Gasteiger charge is -2.30. The maximum atomic E-state index is 13.4. The molecule has 0 bridgehead atoms. The summed E-state index contributed by atoms with van der Waals surface area (Å²) in [7, 11) is 0. The van der Waals surface area contributed by atoms with Crippen molar-refractivity contribution in [3.05, 3.63) is 77.2 Å². The van der Waals surface area contributed by atoms with Crippen molar-refractivity contribution in [1.82, 2.24) is 9.80 Å². The minimum absolute atomic E-state index is 0.102. The molecule has 0 saturated heterocycles. The Kier molecular flexibility index (Phi) is 7.27. The molecule has 0 fully saturated rings. The quantitative estimate of drug-likeness (QED) is 0.480. The molecule has 2 heterocycles. The van der Waals surface area contributed by atoms with Crippen LogP contribution in [0.4, 0.5) is 10.5 Å². The smallest absolute Gasteiger partial charge is 0.322 e. The molecule has 9 heteroatoms. The highest BCUT2D eigenvalue weighted by molar-refractivity contribution is 6.30. The van der Waals surface area contributed by atoms with Gasteiger partial charge in [0, 0.05) is 23.3 Å². The first kappa shape index (κ1) is 23.5. The van der Waals surface area contributed by atoms with E-state index >= 15 is 0 Å². The number of hydrogen-bond acceptors (Lipinski definition) is 5. The first-order valence-electron chi connectivity index (χ1n) is 10.9. The van der Waals surface area contributed by atoms with Crippen molar-refractivity contribution in [2.75, 3.05) is 18.7 Å². The molecule has 0 aliphatic carbocycles. The number of benzene rings is 2. The first-order valence-corrected chi connectivity index (χ1v) is 11.3. The van der Waals surface area contributed by atoms with E-state index in [0.29, 0.717) is 34.5 Å². The van der Waals surface area contributed by atoms with Gasteiger partial charge in [0.25, 0.3) is 0 Å². The van der Waals surface area contributed by atoms with Crippen molar-refractivity contribution in [2.45, 2.75) is 33.0 Å². The molecule has 8 nitrogen and oxygen atoms in total. The summed E-state index contributed by atoms with van der Waals surface area (Å²) >= 11 is 6.02. The van der Waals surface area contributed by atoms with E-state index in [-0.39, 0.29) is 37.9 Å². The molecule has 4 rings (SSSR count). The van der Waals surface area contributed by atoms with Crippen molar-refractivity contribution in [1.29, 1.82) is 0 Å². The Hall–Kier alpha value is -3.65. The maximum absolute atomic E-state index is 13.4. The number of anilines is 1. The molecule has 34 heavy (non-hydrogen) atoms. The fraction of sp³-hybridized carbons (Fsp3) is 0.280. The summed E-state index contributed by atoms with van der Waals surface area (Å²) in [6, 6.07) is 15.4. The molecule has 1 aromatic heterocycles. The average molecular weight is 484 g/mol. The Balaban J connectivity index is 1.50. The third-order valence-electron chi connectivity index (χ3n) is 5.36. The highest BCUT2D eigenvalue weighted by Crippen LogP contribution is 2.33. The van der Waals surface area contributed by atoms with Crippen molar-refractivity contribution < 1.29 is 23.5 Å². The number of amides is 3. The number of furan rings is 1. The van der Waals surface area contributed by atoms with E-state index < -0.39 is 0 Å². The van der Waals surface area contributed by atoms with Crippen LogP contribution in [-0.4, -0.2) is 41.1 Å².